The summed E-state index contributed by atoms with van der Waals surface area (Å²) < 4.78 is 17.7. The van der Waals surface area contributed by atoms with Crippen LogP contribution in [0, 0.1) is 5.82 Å². The molecule has 0 spiro atoms. The highest BCUT2D eigenvalue weighted by Gasteiger charge is 2.06. The van der Waals surface area contributed by atoms with E-state index in [1.165, 1.54) is 12.1 Å². The van der Waals surface area contributed by atoms with Crippen molar-refractivity contribution in [2.24, 2.45) is 0 Å². The molecule has 0 fully saturated rings. The fourth-order valence-electron chi connectivity index (χ4n) is 1.40. The van der Waals surface area contributed by atoms with Gasteiger partial charge in [-0.15, -0.1) is 0 Å². The number of hydrogen-bond donors (Lipinski definition) is 2. The molecule has 0 saturated heterocycles. The average molecular weight is 261 g/mol. The van der Waals surface area contributed by atoms with E-state index in [1.54, 1.807) is 31.4 Å². The predicted molar refractivity (Wildman–Crippen MR) is 68.3 cm³/mol. The van der Waals surface area contributed by atoms with E-state index in [1.807, 2.05) is 0 Å². The zero-order valence-corrected chi connectivity index (χ0v) is 10.2. The first-order valence-electron chi connectivity index (χ1n) is 5.51. The molecule has 0 radical (unpaired) electrons. The van der Waals surface area contributed by atoms with Crippen molar-refractivity contribution < 1.29 is 13.9 Å². The number of pyridine rings is 1. The highest BCUT2D eigenvalue weighted by atomic mass is 19.1. The van der Waals surface area contributed by atoms with E-state index in [0.717, 1.165) is 6.20 Å². The van der Waals surface area contributed by atoms with Crippen LogP contribution < -0.4 is 15.6 Å². The Bertz CT molecular complexity index is 572. The minimum absolute atomic E-state index is 0.122. The Morgan fingerprint density at radius 3 is 2.84 bits per heavy atom. The maximum absolute atomic E-state index is 12.7. The van der Waals surface area contributed by atoms with Gasteiger partial charge in [0, 0.05) is 6.07 Å². The van der Waals surface area contributed by atoms with Crippen molar-refractivity contribution in [1.82, 2.24) is 10.4 Å². The van der Waals surface area contributed by atoms with Crippen molar-refractivity contribution >= 4 is 11.6 Å². The van der Waals surface area contributed by atoms with Crippen LogP contribution in [0.5, 0.6) is 5.75 Å². The van der Waals surface area contributed by atoms with E-state index in [0.29, 0.717) is 11.4 Å². The first-order chi connectivity index (χ1) is 9.19. The van der Waals surface area contributed by atoms with Gasteiger partial charge in [-0.25, -0.2) is 9.37 Å². The number of benzene rings is 1. The SMILES string of the molecule is COc1cccc(NNC(=O)c2ccc(F)cn2)c1. The maximum atomic E-state index is 12.7. The molecule has 0 unspecified atom stereocenters. The molecule has 19 heavy (non-hydrogen) atoms. The van der Waals surface area contributed by atoms with Crippen molar-refractivity contribution in [2.75, 3.05) is 12.5 Å². The predicted octanol–water partition coefficient (Wildman–Crippen LogP) is 1.99. The number of hydrogen-bond acceptors (Lipinski definition) is 4. The monoisotopic (exact) mass is 261 g/mol. The minimum Gasteiger partial charge on any atom is -0.497 e. The summed E-state index contributed by atoms with van der Waals surface area (Å²) in [6, 6.07) is 9.53. The van der Waals surface area contributed by atoms with Crippen LogP contribution in [0.4, 0.5) is 10.1 Å². The third-order valence-corrected chi connectivity index (χ3v) is 2.35. The molecule has 0 bridgehead atoms. The Labute approximate surface area is 109 Å². The molecule has 5 nitrogen and oxygen atoms in total. The van der Waals surface area contributed by atoms with Crippen LogP contribution in [0.2, 0.25) is 0 Å². The zero-order chi connectivity index (χ0) is 13.7. The van der Waals surface area contributed by atoms with Gasteiger partial charge in [0.05, 0.1) is 19.0 Å². The Morgan fingerprint density at radius 1 is 1.32 bits per heavy atom. The molecule has 6 heteroatoms. The van der Waals surface area contributed by atoms with Crippen molar-refractivity contribution in [2.45, 2.75) is 0 Å². The van der Waals surface area contributed by atoms with Gasteiger partial charge in [-0.05, 0) is 24.3 Å². The molecule has 2 N–H and O–H groups in total. The second-order valence-corrected chi connectivity index (χ2v) is 3.67. The lowest BCUT2D eigenvalue weighted by molar-refractivity contribution is 0.0957. The van der Waals surface area contributed by atoms with Gasteiger partial charge in [-0.1, -0.05) is 6.07 Å². The maximum Gasteiger partial charge on any atom is 0.288 e. The van der Waals surface area contributed by atoms with Crippen LogP contribution in [0.1, 0.15) is 10.5 Å². The molecule has 0 saturated carbocycles. The second kappa shape index (κ2) is 5.81. The number of rotatable bonds is 4. The summed E-state index contributed by atoms with van der Waals surface area (Å²) in [6.07, 6.45) is 0.987. The molecule has 2 aromatic rings. The Kier molecular flexibility index (Phi) is 3.92. The molecular weight excluding hydrogens is 249 g/mol. The first-order valence-corrected chi connectivity index (χ1v) is 5.51. The van der Waals surface area contributed by atoms with Crippen LogP contribution in [0.3, 0.4) is 0 Å². The molecule has 0 aliphatic heterocycles. The number of anilines is 1. The fraction of sp³-hybridized carbons (Fsp3) is 0.0769. The highest BCUT2D eigenvalue weighted by molar-refractivity contribution is 5.92. The number of aromatic nitrogens is 1. The van der Waals surface area contributed by atoms with Gasteiger partial charge >= 0.3 is 0 Å². The number of carbonyl (C=O) groups is 1. The van der Waals surface area contributed by atoms with Crippen LogP contribution in [-0.2, 0) is 0 Å². The lowest BCUT2D eigenvalue weighted by Gasteiger charge is -2.09. The molecule has 1 heterocycles. The number of hydrazine groups is 1. The summed E-state index contributed by atoms with van der Waals surface area (Å²) in [7, 11) is 1.56. The largest absolute Gasteiger partial charge is 0.497 e. The highest BCUT2D eigenvalue weighted by Crippen LogP contribution is 2.15. The van der Waals surface area contributed by atoms with Crippen LogP contribution in [0.15, 0.2) is 42.6 Å². The van der Waals surface area contributed by atoms with Gasteiger partial charge in [0.2, 0.25) is 0 Å². The second-order valence-electron chi connectivity index (χ2n) is 3.67. The minimum atomic E-state index is -0.489. The number of amides is 1. The van der Waals surface area contributed by atoms with Gasteiger partial charge in [0.25, 0.3) is 5.91 Å². The molecule has 1 aromatic carbocycles. The van der Waals surface area contributed by atoms with Crippen LogP contribution >= 0.6 is 0 Å². The lowest BCUT2D eigenvalue weighted by atomic mass is 10.3. The zero-order valence-electron chi connectivity index (χ0n) is 10.2. The number of nitrogens with one attached hydrogen (secondary N) is 2. The molecule has 0 atom stereocenters. The smallest absolute Gasteiger partial charge is 0.288 e. The average Bonchev–Trinajstić information content (AvgIpc) is 2.46. The van der Waals surface area contributed by atoms with Crippen molar-refractivity contribution in [3.05, 3.63) is 54.1 Å². The van der Waals surface area contributed by atoms with E-state index in [9.17, 15) is 9.18 Å². The molecule has 2 rings (SSSR count). The quantitative estimate of drug-likeness (QED) is 0.826. The number of halogens is 1. The normalized spacial score (nSPS) is 9.79. The topological polar surface area (TPSA) is 63.2 Å². The standard InChI is InChI=1S/C13H12FN3O2/c1-19-11-4-2-3-10(7-11)16-17-13(18)12-6-5-9(14)8-15-12/h2-8,16H,1H3,(H,17,18). The van der Waals surface area contributed by atoms with E-state index < -0.39 is 11.7 Å². The molecule has 1 amide bonds. The van der Waals surface area contributed by atoms with Crippen molar-refractivity contribution in [1.29, 1.82) is 0 Å². The Morgan fingerprint density at radius 2 is 2.16 bits per heavy atom. The van der Waals surface area contributed by atoms with Crippen molar-refractivity contribution in [3.63, 3.8) is 0 Å². The summed E-state index contributed by atoms with van der Waals surface area (Å²) >= 11 is 0. The van der Waals surface area contributed by atoms with Crippen LogP contribution in [0.25, 0.3) is 0 Å². The van der Waals surface area contributed by atoms with E-state index in [4.69, 9.17) is 4.74 Å². The molecule has 98 valence electrons. The summed E-state index contributed by atoms with van der Waals surface area (Å²) in [5, 5.41) is 0. The number of carbonyl (C=O) groups excluding carboxylic acids is 1. The number of nitrogens with zero attached hydrogens (tertiary/aromatic N) is 1. The fourth-order valence-corrected chi connectivity index (χ4v) is 1.40. The molecular formula is C13H12FN3O2. The van der Waals surface area contributed by atoms with Gasteiger partial charge < -0.3 is 4.74 Å². The third kappa shape index (κ3) is 3.41. The van der Waals surface area contributed by atoms with Gasteiger partial charge in [-0.3, -0.25) is 15.6 Å². The summed E-state index contributed by atoms with van der Waals surface area (Å²) in [5.74, 6) is -0.278. The molecule has 0 aliphatic carbocycles. The Balaban J connectivity index is 1.98. The van der Waals surface area contributed by atoms with Crippen molar-refractivity contribution in [3.8, 4) is 5.75 Å². The van der Waals surface area contributed by atoms with Gasteiger partial charge in [-0.2, -0.15) is 0 Å². The lowest BCUT2D eigenvalue weighted by Crippen LogP contribution is -2.30. The first kappa shape index (κ1) is 12.8. The summed E-state index contributed by atoms with van der Waals surface area (Å²) in [4.78, 5) is 15.4. The van der Waals surface area contributed by atoms with E-state index in [2.05, 4.69) is 15.8 Å². The third-order valence-electron chi connectivity index (χ3n) is 2.35. The van der Waals surface area contributed by atoms with Gasteiger partial charge in [0.15, 0.2) is 0 Å². The van der Waals surface area contributed by atoms with E-state index >= 15 is 0 Å². The Hall–Kier alpha value is -2.63. The summed E-state index contributed by atoms with van der Waals surface area (Å²) in [6.45, 7) is 0. The summed E-state index contributed by atoms with van der Waals surface area (Å²) in [5.41, 5.74) is 5.96. The number of ether oxygens (including phenoxy) is 1. The van der Waals surface area contributed by atoms with Gasteiger partial charge in [0.1, 0.15) is 17.3 Å². The molecule has 0 aliphatic rings. The van der Waals surface area contributed by atoms with Crippen LogP contribution in [-0.4, -0.2) is 18.0 Å². The van der Waals surface area contributed by atoms with E-state index in [-0.39, 0.29) is 5.69 Å². The molecule has 1 aromatic heterocycles. The number of methoxy groups -OCH3 is 1.